The number of carbonyl (C=O) groups is 1. The van der Waals surface area contributed by atoms with Gasteiger partial charge in [-0.1, -0.05) is 11.6 Å². The van der Waals surface area contributed by atoms with Crippen LogP contribution in [0.3, 0.4) is 0 Å². The summed E-state index contributed by atoms with van der Waals surface area (Å²) in [5.41, 5.74) is 1.09. The van der Waals surface area contributed by atoms with Gasteiger partial charge in [0, 0.05) is 16.3 Å². The van der Waals surface area contributed by atoms with Crippen LogP contribution >= 0.6 is 11.6 Å². The Bertz CT molecular complexity index is 974. The summed E-state index contributed by atoms with van der Waals surface area (Å²) in [6, 6.07) is 20.7. The number of nitrogens with zero attached hydrogens (tertiary/aromatic N) is 1. The fraction of sp³-hybridized carbons (Fsp3) is 0.208. The molecular formula is C24H24ClNO5. The van der Waals surface area contributed by atoms with E-state index in [0.29, 0.717) is 33.5 Å². The van der Waals surface area contributed by atoms with Crippen LogP contribution in [0.2, 0.25) is 5.02 Å². The Hall–Kier alpha value is -3.22. The molecule has 0 aromatic heterocycles. The standard InChI is InChI=1S/C24H24ClNO5/c1-29-21-9-3-17(4-10-21)24(28)26(19-7-5-18(25)6-8-19)15-20(27)16-31-23-13-11-22(30-2)12-14-23/h3-14,20,27H,15-16H2,1-2H3/t20-/m0/s1. The summed E-state index contributed by atoms with van der Waals surface area (Å²) in [4.78, 5) is 14.7. The lowest BCUT2D eigenvalue weighted by molar-refractivity contribution is 0.0906. The molecule has 0 aliphatic rings. The fourth-order valence-electron chi connectivity index (χ4n) is 2.94. The highest BCUT2D eigenvalue weighted by Crippen LogP contribution is 2.22. The van der Waals surface area contributed by atoms with Gasteiger partial charge in [-0.05, 0) is 72.8 Å². The molecular weight excluding hydrogens is 418 g/mol. The first-order chi connectivity index (χ1) is 15.0. The Kier molecular flexibility index (Phi) is 7.76. The van der Waals surface area contributed by atoms with Gasteiger partial charge in [-0.15, -0.1) is 0 Å². The molecule has 162 valence electrons. The number of halogens is 1. The predicted octanol–water partition coefficient (Wildman–Crippen LogP) is 4.44. The van der Waals surface area contributed by atoms with Crippen LogP contribution in [0, 0.1) is 0 Å². The van der Waals surface area contributed by atoms with Crippen LogP contribution in [0.25, 0.3) is 0 Å². The molecule has 0 aliphatic carbocycles. The number of benzene rings is 3. The highest BCUT2D eigenvalue weighted by Gasteiger charge is 2.21. The number of hydrogen-bond donors (Lipinski definition) is 1. The summed E-state index contributed by atoms with van der Waals surface area (Å²) in [6.45, 7) is 0.0644. The predicted molar refractivity (Wildman–Crippen MR) is 121 cm³/mol. The topological polar surface area (TPSA) is 68.2 Å². The Labute approximate surface area is 186 Å². The molecule has 0 heterocycles. The van der Waals surface area contributed by atoms with Gasteiger partial charge in [-0.25, -0.2) is 0 Å². The van der Waals surface area contributed by atoms with E-state index in [1.807, 2.05) is 0 Å². The first-order valence-corrected chi connectivity index (χ1v) is 10.0. The van der Waals surface area contributed by atoms with Gasteiger partial charge in [0.15, 0.2) is 0 Å². The molecule has 1 N–H and O–H groups in total. The van der Waals surface area contributed by atoms with Crippen molar-refractivity contribution in [2.45, 2.75) is 6.10 Å². The number of aliphatic hydroxyl groups excluding tert-OH is 1. The summed E-state index contributed by atoms with van der Waals surface area (Å²) in [5, 5.41) is 11.1. The largest absolute Gasteiger partial charge is 0.497 e. The number of carbonyl (C=O) groups excluding carboxylic acids is 1. The van der Waals surface area contributed by atoms with Crippen molar-refractivity contribution in [1.29, 1.82) is 0 Å². The number of rotatable bonds is 9. The molecule has 0 radical (unpaired) electrons. The lowest BCUT2D eigenvalue weighted by atomic mass is 10.1. The SMILES string of the molecule is COc1ccc(OC[C@@H](O)CN(C(=O)c2ccc(OC)cc2)c2ccc(Cl)cc2)cc1. The summed E-state index contributed by atoms with van der Waals surface area (Å²) < 4.78 is 15.9. The molecule has 3 aromatic carbocycles. The van der Waals surface area contributed by atoms with Crippen molar-refractivity contribution in [1.82, 2.24) is 0 Å². The van der Waals surface area contributed by atoms with Crippen LogP contribution in [-0.4, -0.2) is 44.5 Å². The van der Waals surface area contributed by atoms with Crippen molar-refractivity contribution in [3.63, 3.8) is 0 Å². The normalized spacial score (nSPS) is 11.5. The van der Waals surface area contributed by atoms with Gasteiger partial charge in [-0.2, -0.15) is 0 Å². The van der Waals surface area contributed by atoms with Crippen LogP contribution in [0.4, 0.5) is 5.69 Å². The lowest BCUT2D eigenvalue weighted by Gasteiger charge is -2.26. The third-order valence-corrected chi connectivity index (χ3v) is 4.87. The number of methoxy groups -OCH3 is 2. The molecule has 1 amide bonds. The third kappa shape index (κ3) is 6.13. The van der Waals surface area contributed by atoms with Gasteiger partial charge in [0.1, 0.15) is 30.0 Å². The second-order valence-corrected chi connectivity index (χ2v) is 7.20. The Morgan fingerprint density at radius 2 is 1.39 bits per heavy atom. The van der Waals surface area contributed by atoms with E-state index in [4.69, 9.17) is 25.8 Å². The first kappa shape index (κ1) is 22.5. The molecule has 6 nitrogen and oxygen atoms in total. The molecule has 7 heteroatoms. The summed E-state index contributed by atoms with van der Waals surface area (Å²) in [6.07, 6.45) is -0.917. The van der Waals surface area contributed by atoms with E-state index >= 15 is 0 Å². The molecule has 0 bridgehead atoms. The van der Waals surface area contributed by atoms with E-state index in [1.54, 1.807) is 87.0 Å². The van der Waals surface area contributed by atoms with E-state index in [1.165, 1.54) is 4.90 Å². The third-order valence-electron chi connectivity index (χ3n) is 4.62. The fourth-order valence-corrected chi connectivity index (χ4v) is 3.07. The van der Waals surface area contributed by atoms with E-state index < -0.39 is 6.10 Å². The van der Waals surface area contributed by atoms with Crippen molar-refractivity contribution in [3.05, 3.63) is 83.4 Å². The van der Waals surface area contributed by atoms with Gasteiger partial charge in [0.25, 0.3) is 5.91 Å². The number of amides is 1. The molecule has 0 spiro atoms. The van der Waals surface area contributed by atoms with E-state index in [-0.39, 0.29) is 19.1 Å². The second kappa shape index (κ2) is 10.7. The van der Waals surface area contributed by atoms with Crippen LogP contribution in [0.1, 0.15) is 10.4 Å². The zero-order chi connectivity index (χ0) is 22.2. The molecule has 0 aliphatic heterocycles. The average molecular weight is 442 g/mol. The maximum atomic E-state index is 13.2. The van der Waals surface area contributed by atoms with Crippen LogP contribution in [0.15, 0.2) is 72.8 Å². The summed E-state index contributed by atoms with van der Waals surface area (Å²) in [7, 11) is 3.15. The van der Waals surface area contributed by atoms with Crippen molar-refractivity contribution >= 4 is 23.2 Å². The summed E-state index contributed by atoms with van der Waals surface area (Å²) >= 11 is 6.00. The van der Waals surface area contributed by atoms with Crippen molar-refractivity contribution in [2.75, 3.05) is 32.3 Å². The molecule has 1 atom stereocenters. The maximum Gasteiger partial charge on any atom is 0.258 e. The lowest BCUT2D eigenvalue weighted by Crippen LogP contribution is -2.40. The molecule has 0 fully saturated rings. The van der Waals surface area contributed by atoms with Gasteiger partial charge in [-0.3, -0.25) is 4.79 Å². The maximum absolute atomic E-state index is 13.2. The van der Waals surface area contributed by atoms with Gasteiger partial charge in [0.05, 0.1) is 20.8 Å². The smallest absolute Gasteiger partial charge is 0.258 e. The van der Waals surface area contributed by atoms with Gasteiger partial charge in [0.2, 0.25) is 0 Å². The monoisotopic (exact) mass is 441 g/mol. The zero-order valence-electron chi connectivity index (χ0n) is 17.3. The molecule has 0 saturated carbocycles. The number of aliphatic hydroxyl groups is 1. The molecule has 31 heavy (non-hydrogen) atoms. The Balaban J connectivity index is 1.73. The van der Waals surface area contributed by atoms with Gasteiger partial charge >= 0.3 is 0 Å². The average Bonchev–Trinajstić information content (AvgIpc) is 2.82. The highest BCUT2D eigenvalue weighted by molar-refractivity contribution is 6.30. The minimum atomic E-state index is -0.917. The van der Waals surface area contributed by atoms with Crippen molar-refractivity contribution < 1.29 is 24.1 Å². The summed E-state index contributed by atoms with van der Waals surface area (Å²) in [5.74, 6) is 1.71. The Morgan fingerprint density at radius 3 is 1.94 bits per heavy atom. The van der Waals surface area contributed by atoms with Crippen LogP contribution in [0.5, 0.6) is 17.2 Å². The molecule has 0 saturated heterocycles. The highest BCUT2D eigenvalue weighted by atomic mass is 35.5. The van der Waals surface area contributed by atoms with Crippen LogP contribution in [-0.2, 0) is 0 Å². The number of ether oxygens (including phenoxy) is 3. The number of anilines is 1. The van der Waals surface area contributed by atoms with Gasteiger partial charge < -0.3 is 24.2 Å². The second-order valence-electron chi connectivity index (χ2n) is 6.76. The molecule has 0 unspecified atom stereocenters. The number of hydrogen-bond acceptors (Lipinski definition) is 5. The van der Waals surface area contributed by atoms with E-state index in [0.717, 1.165) is 0 Å². The quantitative estimate of drug-likeness (QED) is 0.531. The zero-order valence-corrected chi connectivity index (χ0v) is 18.1. The Morgan fingerprint density at radius 1 is 0.871 bits per heavy atom. The minimum absolute atomic E-state index is 0.0201. The van der Waals surface area contributed by atoms with Crippen molar-refractivity contribution in [3.8, 4) is 17.2 Å². The van der Waals surface area contributed by atoms with E-state index in [9.17, 15) is 9.90 Å². The molecule has 3 aromatic rings. The van der Waals surface area contributed by atoms with Crippen molar-refractivity contribution in [2.24, 2.45) is 0 Å². The first-order valence-electron chi connectivity index (χ1n) is 9.66. The van der Waals surface area contributed by atoms with E-state index in [2.05, 4.69) is 0 Å². The van der Waals surface area contributed by atoms with Crippen LogP contribution < -0.4 is 19.1 Å². The minimum Gasteiger partial charge on any atom is -0.497 e. The molecule has 3 rings (SSSR count).